The van der Waals surface area contributed by atoms with Gasteiger partial charge in [-0.2, -0.15) is 0 Å². The fraction of sp³-hybridized carbons (Fsp3) is 0.848. The van der Waals surface area contributed by atoms with Gasteiger partial charge < -0.3 is 116 Å². The lowest BCUT2D eigenvalue weighted by molar-refractivity contribution is -0.300. The minimum Gasteiger partial charge on any atom is -0.394 e. The lowest BCUT2D eigenvalue weighted by atomic mass is 9.95. The standard InChI is InChI=1S/C46H80N6O25/c1-2-25(56)6-4-3-5-9-47-30(58)8-7-24(43(71)50-12-15-74-46-42(70)39(67)36(64)29(23-55)77-46)16-26(57)17-51-33(61)20-52(18-31(59)48-10-13-72-44-40(68)37(65)34(62)27(21-53)75-44)19-32(60)49-11-14-73-45-41(69)38(66)35(63)28(22-54)76-45/h24,27-29,34-42,44-46,53-55,62-70H,2-23H2,1H3,(H,47,58)(H,48,59)(H,49,60)(H,50,71)(H,51,61)/t24-,27-,28-,29-,34-,35-,36-,37+,38+,39+,40+,41+,42+,44+,45+,46+/m1/s1. The summed E-state index contributed by atoms with van der Waals surface area (Å²) in [5, 5.41) is 132. The van der Waals surface area contributed by atoms with E-state index >= 15 is 0 Å². The van der Waals surface area contributed by atoms with Gasteiger partial charge in [-0.15, -0.1) is 0 Å². The molecule has 17 N–H and O–H groups in total. The van der Waals surface area contributed by atoms with Gasteiger partial charge in [0.05, 0.1) is 65.8 Å². The number of aliphatic hydroxyl groups excluding tert-OH is 12. The molecule has 5 amide bonds. The topological polar surface area (TPSA) is 481 Å². The summed E-state index contributed by atoms with van der Waals surface area (Å²) in [4.78, 5) is 91.6. The summed E-state index contributed by atoms with van der Waals surface area (Å²) in [6.45, 7) is -4.25. The van der Waals surface area contributed by atoms with Crippen LogP contribution in [0, 0.1) is 5.92 Å². The Morgan fingerprint density at radius 1 is 0.468 bits per heavy atom. The summed E-state index contributed by atoms with van der Waals surface area (Å²) < 4.78 is 32.0. The molecule has 0 unspecified atom stereocenters. The number of ketones is 2. The highest BCUT2D eigenvalue weighted by Crippen LogP contribution is 2.24. The molecule has 3 aliphatic rings. The SMILES string of the molecule is CCC(=O)CCCCCNC(=O)CC[C@H](CC(=O)CNC(=O)CN(CC(=O)NCCO[C@H]1O[C@H](CO)[C@@H](O)[C@H](O)[C@@H]1O)CC(=O)NCCO[C@H]1O[C@H](CO)[C@@H](O)[C@H](O)[C@@H]1O)C(=O)NCCO[C@H]1O[C@H](CO)[C@@H](O)[C@H](O)[C@@H]1O. The molecule has 0 aliphatic carbocycles. The first-order valence-electron chi connectivity index (χ1n) is 25.5. The molecular weight excluding hydrogens is 1040 g/mol. The monoisotopic (exact) mass is 1120 g/mol. The Hall–Kier alpha value is -4.07. The van der Waals surface area contributed by atoms with Gasteiger partial charge in [0.15, 0.2) is 24.7 Å². The maximum Gasteiger partial charge on any atom is 0.234 e. The number of hydrogen-bond donors (Lipinski definition) is 17. The normalized spacial score (nSPS) is 29.8. The Morgan fingerprint density at radius 2 is 0.870 bits per heavy atom. The molecule has 3 fully saturated rings. The maximum absolute atomic E-state index is 13.4. The average molecular weight is 1120 g/mol. The summed E-state index contributed by atoms with van der Waals surface area (Å²) in [6, 6.07) is 0. The smallest absolute Gasteiger partial charge is 0.234 e. The van der Waals surface area contributed by atoms with Crippen molar-refractivity contribution >= 4 is 41.1 Å². The van der Waals surface area contributed by atoms with Gasteiger partial charge in [-0.25, -0.2) is 0 Å². The van der Waals surface area contributed by atoms with Gasteiger partial charge >= 0.3 is 0 Å². The van der Waals surface area contributed by atoms with Gasteiger partial charge in [-0.3, -0.25) is 38.5 Å². The molecule has 31 nitrogen and oxygen atoms in total. The van der Waals surface area contributed by atoms with Crippen LogP contribution in [0.4, 0.5) is 0 Å². The second kappa shape index (κ2) is 35.5. The largest absolute Gasteiger partial charge is 0.394 e. The van der Waals surface area contributed by atoms with Crippen molar-refractivity contribution in [1.29, 1.82) is 0 Å². The van der Waals surface area contributed by atoms with Crippen LogP contribution >= 0.6 is 0 Å². The predicted molar refractivity (Wildman–Crippen MR) is 257 cm³/mol. The molecular formula is C46H80N6O25. The number of carbonyl (C=O) groups excluding carboxylic acids is 7. The Bertz CT molecular complexity index is 1760. The van der Waals surface area contributed by atoms with Crippen LogP contribution in [0.3, 0.4) is 0 Å². The van der Waals surface area contributed by atoms with Gasteiger partial charge in [-0.1, -0.05) is 13.3 Å². The Balaban J connectivity index is 1.60. The molecule has 0 bridgehead atoms. The van der Waals surface area contributed by atoms with Crippen LogP contribution in [0.5, 0.6) is 0 Å². The predicted octanol–water partition coefficient (Wildman–Crippen LogP) is -9.79. The fourth-order valence-electron chi connectivity index (χ4n) is 8.08. The van der Waals surface area contributed by atoms with Gasteiger partial charge in [-0.05, 0) is 19.3 Å². The minimum atomic E-state index is -1.72. The van der Waals surface area contributed by atoms with Crippen molar-refractivity contribution in [3.8, 4) is 0 Å². The fourth-order valence-corrected chi connectivity index (χ4v) is 8.08. The van der Waals surface area contributed by atoms with Crippen LogP contribution in [-0.4, -0.2) is 291 Å². The number of unbranched alkanes of at least 4 members (excludes halogenated alkanes) is 2. The molecule has 0 radical (unpaired) electrons. The van der Waals surface area contributed by atoms with Crippen molar-refractivity contribution in [2.45, 2.75) is 150 Å². The highest BCUT2D eigenvalue weighted by atomic mass is 16.7. The zero-order chi connectivity index (χ0) is 57.2. The lowest BCUT2D eigenvalue weighted by Gasteiger charge is -2.39. The molecule has 31 heteroatoms. The van der Waals surface area contributed by atoms with E-state index in [4.69, 9.17) is 28.4 Å². The van der Waals surface area contributed by atoms with E-state index in [0.717, 1.165) is 4.90 Å². The molecule has 16 atom stereocenters. The van der Waals surface area contributed by atoms with Crippen LogP contribution in [0.1, 0.15) is 58.3 Å². The van der Waals surface area contributed by atoms with Crippen LogP contribution in [0.25, 0.3) is 0 Å². The zero-order valence-electron chi connectivity index (χ0n) is 42.9. The number of Topliss-reactive ketones (excluding diaryl/α,β-unsaturated/α-hetero) is 2. The minimum absolute atomic E-state index is 0.130. The van der Waals surface area contributed by atoms with E-state index in [1.807, 2.05) is 0 Å². The molecule has 3 aliphatic heterocycles. The number of aliphatic hydroxyl groups is 12. The van der Waals surface area contributed by atoms with Crippen molar-refractivity contribution in [2.24, 2.45) is 5.92 Å². The summed E-state index contributed by atoms with van der Waals surface area (Å²) in [5.41, 5.74) is 0. The third kappa shape index (κ3) is 22.9. The van der Waals surface area contributed by atoms with Crippen molar-refractivity contribution in [1.82, 2.24) is 31.5 Å². The van der Waals surface area contributed by atoms with Gasteiger partial charge in [0, 0.05) is 57.8 Å². The lowest BCUT2D eigenvalue weighted by Crippen LogP contribution is -2.59. The van der Waals surface area contributed by atoms with E-state index in [9.17, 15) is 94.8 Å². The highest BCUT2D eigenvalue weighted by Gasteiger charge is 2.46. The molecule has 0 aromatic carbocycles. The average Bonchev–Trinajstić information content (AvgIpc) is 3.40. The third-order valence-corrected chi connectivity index (χ3v) is 12.6. The van der Waals surface area contributed by atoms with E-state index in [0.29, 0.717) is 38.6 Å². The number of nitrogens with one attached hydrogen (secondary N) is 5. The number of amides is 5. The number of rotatable bonds is 36. The molecule has 0 aromatic heterocycles. The summed E-state index contributed by atoms with van der Waals surface area (Å²) in [5.74, 6) is -5.16. The first kappa shape index (κ1) is 67.2. The summed E-state index contributed by atoms with van der Waals surface area (Å²) in [7, 11) is 0. The summed E-state index contributed by atoms with van der Waals surface area (Å²) >= 11 is 0. The van der Waals surface area contributed by atoms with Gasteiger partial charge in [0.25, 0.3) is 0 Å². The van der Waals surface area contributed by atoms with Crippen LogP contribution in [0.2, 0.25) is 0 Å². The number of carbonyl (C=O) groups is 7. The van der Waals surface area contributed by atoms with Gasteiger partial charge in [0.1, 0.15) is 79.0 Å². The highest BCUT2D eigenvalue weighted by molar-refractivity contribution is 5.91. The zero-order valence-corrected chi connectivity index (χ0v) is 42.9. The first-order chi connectivity index (χ1) is 36.6. The first-order valence-corrected chi connectivity index (χ1v) is 25.5. The Morgan fingerprint density at radius 3 is 1.29 bits per heavy atom. The third-order valence-electron chi connectivity index (χ3n) is 12.6. The molecule has 3 rings (SSSR count). The Kier molecular flexibility index (Phi) is 31.0. The van der Waals surface area contributed by atoms with E-state index in [1.54, 1.807) is 6.92 Å². The molecule has 0 spiro atoms. The van der Waals surface area contributed by atoms with E-state index < -0.39 is 186 Å². The number of hydrogen-bond acceptors (Lipinski definition) is 26. The maximum atomic E-state index is 13.4. The van der Waals surface area contributed by atoms with Gasteiger partial charge in [0.2, 0.25) is 29.5 Å². The quantitative estimate of drug-likeness (QED) is 0.0259. The molecule has 0 saturated carbocycles. The van der Waals surface area contributed by atoms with Crippen LogP contribution in [0.15, 0.2) is 0 Å². The second-order valence-electron chi connectivity index (χ2n) is 18.6. The van der Waals surface area contributed by atoms with E-state index in [1.165, 1.54) is 0 Å². The van der Waals surface area contributed by atoms with Crippen molar-refractivity contribution in [2.75, 3.05) is 92.0 Å². The van der Waals surface area contributed by atoms with E-state index in [2.05, 4.69) is 26.6 Å². The molecule has 444 valence electrons. The van der Waals surface area contributed by atoms with E-state index in [-0.39, 0.29) is 58.1 Å². The second-order valence-corrected chi connectivity index (χ2v) is 18.6. The number of ether oxygens (including phenoxy) is 6. The van der Waals surface area contributed by atoms with Crippen molar-refractivity contribution in [3.05, 3.63) is 0 Å². The molecule has 3 saturated heterocycles. The molecule has 3 heterocycles. The Labute approximate surface area is 443 Å². The van der Waals surface area contributed by atoms with Crippen LogP contribution in [-0.2, 0) is 62.0 Å². The molecule has 77 heavy (non-hydrogen) atoms. The van der Waals surface area contributed by atoms with Crippen molar-refractivity contribution in [3.63, 3.8) is 0 Å². The number of nitrogens with zero attached hydrogens (tertiary/aromatic N) is 1. The molecule has 0 aromatic rings. The summed E-state index contributed by atoms with van der Waals surface area (Å²) in [6.07, 6.45) is -21.4. The van der Waals surface area contributed by atoms with Crippen LogP contribution < -0.4 is 26.6 Å². The van der Waals surface area contributed by atoms with Crippen molar-refractivity contribution < 1.29 is 123 Å².